The molecular weight excluding hydrogens is 470 g/mol. The van der Waals surface area contributed by atoms with Gasteiger partial charge in [0.2, 0.25) is 5.95 Å². The molecule has 0 spiro atoms. The Bertz CT molecular complexity index is 1310. The molecule has 6 rings (SSSR count). The van der Waals surface area contributed by atoms with Crippen molar-refractivity contribution in [3.63, 3.8) is 0 Å². The van der Waals surface area contributed by atoms with Crippen LogP contribution in [-0.2, 0) is 6.54 Å². The zero-order valence-electron chi connectivity index (χ0n) is 20.8. The average molecular weight is 504 g/mol. The van der Waals surface area contributed by atoms with Gasteiger partial charge in [0.15, 0.2) is 0 Å². The summed E-state index contributed by atoms with van der Waals surface area (Å²) in [5, 5.41) is 14.5. The van der Waals surface area contributed by atoms with Crippen molar-refractivity contribution in [1.29, 1.82) is 0 Å². The number of benzene rings is 1. The van der Waals surface area contributed by atoms with Gasteiger partial charge in [-0.05, 0) is 56.5 Å². The van der Waals surface area contributed by atoms with Gasteiger partial charge in [0, 0.05) is 31.2 Å². The first kappa shape index (κ1) is 23.6. The number of nitrogens with one attached hydrogen (secondary N) is 5. The predicted molar refractivity (Wildman–Crippen MR) is 143 cm³/mol. The first-order chi connectivity index (χ1) is 18.2. The van der Waals surface area contributed by atoms with Crippen LogP contribution in [0.5, 0.6) is 0 Å². The lowest BCUT2D eigenvalue weighted by molar-refractivity contribution is 0.200. The summed E-state index contributed by atoms with van der Waals surface area (Å²) in [5.41, 5.74) is 11.0. The van der Waals surface area contributed by atoms with Gasteiger partial charge in [-0.25, -0.2) is 15.6 Å². The van der Waals surface area contributed by atoms with Gasteiger partial charge in [-0.1, -0.05) is 25.0 Å². The molecule has 0 saturated carbocycles. The minimum atomic E-state index is -0.298. The van der Waals surface area contributed by atoms with E-state index in [1.807, 2.05) is 12.1 Å². The van der Waals surface area contributed by atoms with E-state index >= 15 is 0 Å². The van der Waals surface area contributed by atoms with Gasteiger partial charge in [0.25, 0.3) is 5.56 Å². The number of hydrogen-bond acceptors (Lipinski definition) is 11. The smallest absolute Gasteiger partial charge is 0.277 e. The quantitative estimate of drug-likeness (QED) is 0.339. The molecule has 2 fully saturated rings. The number of aromatic nitrogens is 4. The molecule has 2 aromatic heterocycles. The Morgan fingerprint density at radius 3 is 2.49 bits per heavy atom. The van der Waals surface area contributed by atoms with Crippen molar-refractivity contribution in [1.82, 2.24) is 41.6 Å². The molecule has 12 nitrogen and oxygen atoms in total. The number of anilines is 3. The van der Waals surface area contributed by atoms with Crippen molar-refractivity contribution in [2.24, 2.45) is 11.0 Å². The maximum atomic E-state index is 12.6. The minimum Gasteiger partial charge on any atom is -0.341 e. The van der Waals surface area contributed by atoms with Crippen LogP contribution < -0.4 is 32.3 Å². The van der Waals surface area contributed by atoms with Crippen molar-refractivity contribution < 1.29 is 0 Å². The van der Waals surface area contributed by atoms with Crippen molar-refractivity contribution >= 4 is 34.2 Å². The third kappa shape index (κ3) is 5.35. The number of aromatic amines is 1. The number of H-pyrrole nitrogens is 1. The number of hydrogen-bond donors (Lipinski definition) is 5. The van der Waals surface area contributed by atoms with Crippen LogP contribution in [0, 0.1) is 5.92 Å². The van der Waals surface area contributed by atoms with Crippen LogP contribution in [0.3, 0.4) is 0 Å². The maximum Gasteiger partial charge on any atom is 0.277 e. The fourth-order valence-electron chi connectivity index (χ4n) is 5.35. The summed E-state index contributed by atoms with van der Waals surface area (Å²) in [5.74, 6) is 2.62. The molecule has 0 radical (unpaired) electrons. The zero-order chi connectivity index (χ0) is 25.0. The number of likely N-dealkylation sites (tertiary alicyclic amines) is 1. The number of amidine groups is 1. The Labute approximate surface area is 214 Å². The third-order valence-corrected chi connectivity index (χ3v) is 7.41. The first-order valence-electron chi connectivity index (χ1n) is 13.2. The van der Waals surface area contributed by atoms with E-state index in [-0.39, 0.29) is 5.56 Å². The number of rotatable bonds is 6. The second kappa shape index (κ2) is 10.7. The highest BCUT2D eigenvalue weighted by Gasteiger charge is 2.25. The van der Waals surface area contributed by atoms with E-state index in [1.165, 1.54) is 18.4 Å². The fraction of sp³-hybridized carbons (Fsp3) is 0.480. The Morgan fingerprint density at radius 1 is 0.973 bits per heavy atom. The standard InChI is InChI=1S/C25H33N11O/c37-24-21-20(15-26-32-24)28-25(36-11-3-1-2-4-12-36)29-23(21)27-19-7-5-17(6-8-19)16-35-13-9-18(10-14-35)22-30-33-34-31-22/h5-8,15,18,33-34H,1-4,9-14,16H2,(H,30,31)(H,32,37)(H,27,28,29). The molecule has 0 unspecified atom stereocenters. The Morgan fingerprint density at radius 2 is 1.76 bits per heavy atom. The van der Waals surface area contributed by atoms with Gasteiger partial charge in [0.05, 0.1) is 6.20 Å². The summed E-state index contributed by atoms with van der Waals surface area (Å²) in [6.45, 7) is 4.82. The average Bonchev–Trinajstić information content (AvgIpc) is 3.32. The SMILES string of the molecule is O=c1[nH]ncc2nc(N3CCCCCC3)nc(Nc3ccc(CN4CCC(C5=NNNN5)CC4)cc3)c12. The van der Waals surface area contributed by atoms with Crippen molar-refractivity contribution in [2.45, 2.75) is 45.1 Å². The van der Waals surface area contributed by atoms with Crippen molar-refractivity contribution in [3.05, 3.63) is 46.4 Å². The molecule has 0 atom stereocenters. The molecular formula is C25H33N11O. The van der Waals surface area contributed by atoms with E-state index in [0.717, 1.165) is 69.9 Å². The Balaban J connectivity index is 1.16. The van der Waals surface area contributed by atoms with Crippen LogP contribution in [0.15, 0.2) is 40.4 Å². The highest BCUT2D eigenvalue weighted by molar-refractivity contribution is 5.90. The highest BCUT2D eigenvalue weighted by Crippen LogP contribution is 2.26. The van der Waals surface area contributed by atoms with Gasteiger partial charge in [-0.15, -0.1) is 10.6 Å². The van der Waals surface area contributed by atoms with E-state index < -0.39 is 0 Å². The molecule has 1 aromatic carbocycles. The van der Waals surface area contributed by atoms with E-state index in [4.69, 9.17) is 4.98 Å². The van der Waals surface area contributed by atoms with Crippen molar-refractivity contribution in [3.8, 4) is 0 Å². The van der Waals surface area contributed by atoms with Crippen LogP contribution in [0.25, 0.3) is 10.9 Å². The Kier molecular flexibility index (Phi) is 6.82. The number of nitrogens with zero attached hydrogens (tertiary/aromatic N) is 6. The lowest BCUT2D eigenvalue weighted by atomic mass is 9.95. The molecule has 5 heterocycles. The molecule has 12 heteroatoms. The number of hydrazone groups is 1. The van der Waals surface area contributed by atoms with Crippen LogP contribution >= 0.6 is 0 Å². The molecule has 0 amide bonds. The second-order valence-corrected chi connectivity index (χ2v) is 9.96. The fourth-order valence-corrected chi connectivity index (χ4v) is 5.35. The molecule has 3 aliphatic rings. The third-order valence-electron chi connectivity index (χ3n) is 7.41. The van der Waals surface area contributed by atoms with E-state index in [1.54, 1.807) is 6.20 Å². The zero-order valence-corrected chi connectivity index (χ0v) is 20.8. The molecule has 0 aliphatic carbocycles. The van der Waals surface area contributed by atoms with Crippen LogP contribution in [-0.4, -0.2) is 57.1 Å². The van der Waals surface area contributed by atoms with Crippen molar-refractivity contribution in [2.75, 3.05) is 36.4 Å². The number of hydrazine groups is 2. The molecule has 3 aromatic rings. The van der Waals surface area contributed by atoms with E-state index in [2.05, 4.69) is 64.0 Å². The summed E-state index contributed by atoms with van der Waals surface area (Å²) in [4.78, 5) is 26.8. The second-order valence-electron chi connectivity index (χ2n) is 9.96. The molecule has 3 aliphatic heterocycles. The van der Waals surface area contributed by atoms with Crippen LogP contribution in [0.1, 0.15) is 44.1 Å². The summed E-state index contributed by atoms with van der Waals surface area (Å²) in [6, 6.07) is 8.36. The monoisotopic (exact) mass is 503 g/mol. The minimum absolute atomic E-state index is 0.298. The van der Waals surface area contributed by atoms with Crippen LogP contribution in [0.4, 0.5) is 17.5 Å². The summed E-state index contributed by atoms with van der Waals surface area (Å²) in [7, 11) is 0. The van der Waals surface area contributed by atoms with Gasteiger partial charge in [-0.3, -0.25) is 15.1 Å². The largest absolute Gasteiger partial charge is 0.341 e. The van der Waals surface area contributed by atoms with Gasteiger partial charge in [0.1, 0.15) is 22.6 Å². The van der Waals surface area contributed by atoms with Gasteiger partial charge in [-0.2, -0.15) is 10.1 Å². The lowest BCUT2D eigenvalue weighted by Gasteiger charge is -2.31. The molecule has 5 N–H and O–H groups in total. The van der Waals surface area contributed by atoms with E-state index in [9.17, 15) is 4.79 Å². The molecule has 37 heavy (non-hydrogen) atoms. The summed E-state index contributed by atoms with van der Waals surface area (Å²) in [6.07, 6.45) is 8.45. The van der Waals surface area contributed by atoms with Crippen LogP contribution in [0.2, 0.25) is 0 Å². The summed E-state index contributed by atoms with van der Waals surface area (Å²) < 4.78 is 0. The van der Waals surface area contributed by atoms with E-state index in [0.29, 0.717) is 28.6 Å². The molecule has 2 saturated heterocycles. The molecule has 0 bridgehead atoms. The topological polar surface area (TPSA) is 138 Å². The number of piperidine rings is 1. The summed E-state index contributed by atoms with van der Waals surface area (Å²) >= 11 is 0. The lowest BCUT2D eigenvalue weighted by Crippen LogP contribution is -2.42. The first-order valence-corrected chi connectivity index (χ1v) is 13.2. The normalized spacial score (nSPS) is 19.2. The van der Waals surface area contributed by atoms with Gasteiger partial charge < -0.3 is 10.2 Å². The predicted octanol–water partition coefficient (Wildman–Crippen LogP) is 1.98. The number of fused-ring (bicyclic) bond motifs is 1. The van der Waals surface area contributed by atoms with Gasteiger partial charge >= 0.3 is 0 Å². The Hall–Kier alpha value is -3.77. The highest BCUT2D eigenvalue weighted by atomic mass is 16.1. The maximum absolute atomic E-state index is 12.6. The molecule has 194 valence electrons.